The number of carbonyl (C=O) groups is 2. The van der Waals surface area contributed by atoms with E-state index in [0.29, 0.717) is 19.4 Å². The monoisotopic (exact) mass is 317 g/mol. The second-order valence-corrected chi connectivity index (χ2v) is 5.84. The van der Waals surface area contributed by atoms with Gasteiger partial charge in [-0.1, -0.05) is 17.8 Å². The fourth-order valence-corrected chi connectivity index (χ4v) is 3.54. The fraction of sp³-hybridized carbons (Fsp3) is 0.333. The average Bonchev–Trinajstić information content (AvgIpc) is 2.82. The number of aromatic nitrogens is 1. The van der Waals surface area contributed by atoms with Crippen molar-refractivity contribution in [2.75, 3.05) is 6.54 Å². The van der Waals surface area contributed by atoms with Gasteiger partial charge in [-0.05, 0) is 31.9 Å². The van der Waals surface area contributed by atoms with Crippen LogP contribution in [0, 0.1) is 11.3 Å². The molecular formula is C15H15N3O3S. The molecule has 0 aromatic carbocycles. The van der Waals surface area contributed by atoms with E-state index in [1.54, 1.807) is 19.2 Å². The maximum atomic E-state index is 12.4. The predicted octanol–water partition coefficient (Wildman–Crippen LogP) is 1.80. The van der Waals surface area contributed by atoms with E-state index >= 15 is 0 Å². The van der Waals surface area contributed by atoms with Gasteiger partial charge in [0.1, 0.15) is 11.1 Å². The Bertz CT molecular complexity index is 652. The highest BCUT2D eigenvalue weighted by atomic mass is 32.2. The summed E-state index contributed by atoms with van der Waals surface area (Å²) < 4.78 is 0. The van der Waals surface area contributed by atoms with Crippen molar-refractivity contribution in [1.82, 2.24) is 9.88 Å². The molecule has 1 saturated heterocycles. The first-order valence-electron chi connectivity index (χ1n) is 6.84. The third kappa shape index (κ3) is 3.28. The van der Waals surface area contributed by atoms with Gasteiger partial charge in [-0.25, -0.2) is 4.79 Å². The van der Waals surface area contributed by atoms with Crippen molar-refractivity contribution >= 4 is 23.6 Å². The van der Waals surface area contributed by atoms with E-state index in [9.17, 15) is 9.59 Å². The van der Waals surface area contributed by atoms with E-state index in [4.69, 9.17) is 10.4 Å². The Balaban J connectivity index is 2.17. The molecule has 1 aromatic heterocycles. The molecule has 114 valence electrons. The van der Waals surface area contributed by atoms with E-state index in [1.807, 2.05) is 18.2 Å². The molecule has 1 unspecified atom stereocenters. The van der Waals surface area contributed by atoms with E-state index < -0.39 is 5.97 Å². The quantitative estimate of drug-likeness (QED) is 0.657. The largest absolute Gasteiger partial charge is 0.477 e. The van der Waals surface area contributed by atoms with Crippen LogP contribution in [-0.4, -0.2) is 38.7 Å². The minimum atomic E-state index is -1.30. The highest BCUT2D eigenvalue weighted by molar-refractivity contribution is 8.04. The Kier molecular flexibility index (Phi) is 5.17. The Morgan fingerprint density at radius 1 is 1.55 bits per heavy atom. The lowest BCUT2D eigenvalue weighted by molar-refractivity contribution is -0.132. The number of carboxylic acids is 1. The van der Waals surface area contributed by atoms with Crippen LogP contribution < -0.4 is 0 Å². The molecule has 1 N–H and O–H groups in total. The van der Waals surface area contributed by atoms with Crippen LogP contribution in [-0.2, 0) is 16.0 Å². The number of nitrogens with zero attached hydrogens (tertiary/aromatic N) is 3. The van der Waals surface area contributed by atoms with Crippen LogP contribution in [0.25, 0.3) is 0 Å². The van der Waals surface area contributed by atoms with Gasteiger partial charge in [-0.15, -0.1) is 0 Å². The number of carboxylic acid groups (broad SMARTS) is 1. The highest BCUT2D eigenvalue weighted by Gasteiger charge is 2.38. The number of rotatable bonds is 5. The summed E-state index contributed by atoms with van der Waals surface area (Å²) in [6, 6.07) is 7.27. The van der Waals surface area contributed by atoms with Crippen molar-refractivity contribution in [3.63, 3.8) is 0 Å². The predicted molar refractivity (Wildman–Crippen MR) is 81.6 cm³/mol. The summed E-state index contributed by atoms with van der Waals surface area (Å²) in [7, 11) is 0. The van der Waals surface area contributed by atoms with Gasteiger partial charge in [0.15, 0.2) is 5.57 Å². The van der Waals surface area contributed by atoms with Crippen molar-refractivity contribution in [3.05, 3.63) is 40.7 Å². The minimum Gasteiger partial charge on any atom is -0.477 e. The van der Waals surface area contributed by atoms with E-state index in [1.165, 1.54) is 4.90 Å². The van der Waals surface area contributed by atoms with Crippen molar-refractivity contribution in [2.24, 2.45) is 0 Å². The maximum Gasteiger partial charge on any atom is 0.349 e. The number of thioether (sulfide) groups is 1. The van der Waals surface area contributed by atoms with Gasteiger partial charge in [0.2, 0.25) is 5.91 Å². The fourth-order valence-electron chi connectivity index (χ4n) is 2.21. The molecule has 1 aromatic rings. The Hall–Kier alpha value is -2.33. The topological polar surface area (TPSA) is 94.3 Å². The van der Waals surface area contributed by atoms with Gasteiger partial charge in [0.25, 0.3) is 0 Å². The van der Waals surface area contributed by atoms with Gasteiger partial charge in [-0.3, -0.25) is 9.78 Å². The SMILES string of the molecule is CCN1C(=O)C(CCc2ccccn2)S/C1=C(/C#N)C(=O)O. The zero-order valence-corrected chi connectivity index (χ0v) is 12.8. The first kappa shape index (κ1) is 16.0. The molecule has 0 bridgehead atoms. The van der Waals surface area contributed by atoms with Gasteiger partial charge in [0, 0.05) is 18.4 Å². The molecule has 2 rings (SSSR count). The molecule has 0 spiro atoms. The summed E-state index contributed by atoms with van der Waals surface area (Å²) in [5.74, 6) is -1.45. The third-order valence-electron chi connectivity index (χ3n) is 3.29. The molecule has 0 radical (unpaired) electrons. The van der Waals surface area contributed by atoms with Gasteiger partial charge >= 0.3 is 5.97 Å². The smallest absolute Gasteiger partial charge is 0.349 e. The van der Waals surface area contributed by atoms with Crippen LogP contribution in [0.2, 0.25) is 0 Å². The molecule has 1 fully saturated rings. The Morgan fingerprint density at radius 3 is 2.86 bits per heavy atom. The first-order chi connectivity index (χ1) is 10.6. The van der Waals surface area contributed by atoms with Crippen LogP contribution in [0.3, 0.4) is 0 Å². The number of pyridine rings is 1. The molecule has 1 aliphatic rings. The lowest BCUT2D eigenvalue weighted by Gasteiger charge is -2.14. The molecule has 0 saturated carbocycles. The van der Waals surface area contributed by atoms with Crippen LogP contribution >= 0.6 is 11.8 Å². The molecule has 22 heavy (non-hydrogen) atoms. The maximum absolute atomic E-state index is 12.4. The minimum absolute atomic E-state index is 0.146. The number of hydrogen-bond acceptors (Lipinski definition) is 5. The summed E-state index contributed by atoms with van der Waals surface area (Å²) in [5.41, 5.74) is 0.510. The highest BCUT2D eigenvalue weighted by Crippen LogP contribution is 2.39. The van der Waals surface area contributed by atoms with Crippen LogP contribution in [0.5, 0.6) is 0 Å². The second kappa shape index (κ2) is 7.09. The number of carbonyl (C=O) groups excluding carboxylic acids is 1. The summed E-state index contributed by atoms with van der Waals surface area (Å²) >= 11 is 1.16. The van der Waals surface area contributed by atoms with Crippen molar-refractivity contribution in [3.8, 4) is 6.07 Å². The molecule has 1 atom stereocenters. The van der Waals surface area contributed by atoms with Crippen LogP contribution in [0.15, 0.2) is 35.0 Å². The number of hydrogen-bond donors (Lipinski definition) is 1. The Morgan fingerprint density at radius 2 is 2.32 bits per heavy atom. The summed E-state index contributed by atoms with van der Waals surface area (Å²) in [5, 5.41) is 18.0. The molecule has 7 heteroatoms. The number of amides is 1. The average molecular weight is 317 g/mol. The van der Waals surface area contributed by atoms with Gasteiger partial charge < -0.3 is 10.0 Å². The molecule has 0 aliphatic carbocycles. The Labute approximate surface area is 132 Å². The molecular weight excluding hydrogens is 302 g/mol. The number of aryl methyl sites for hydroxylation is 1. The second-order valence-electron chi connectivity index (χ2n) is 4.65. The standard InChI is InChI=1S/C15H15N3O3S/c1-2-18-13(19)12(7-6-10-5-3-4-8-17-10)22-14(18)11(9-16)15(20)21/h3-5,8,12H,2,6-7H2,1H3,(H,20,21)/b14-11-. The van der Waals surface area contributed by atoms with Crippen LogP contribution in [0.1, 0.15) is 19.0 Å². The summed E-state index contributed by atoms with van der Waals surface area (Å²) in [6.07, 6.45) is 2.88. The summed E-state index contributed by atoms with van der Waals surface area (Å²) in [4.78, 5) is 29.1. The van der Waals surface area contributed by atoms with Crippen molar-refractivity contribution in [1.29, 1.82) is 5.26 Å². The van der Waals surface area contributed by atoms with Crippen molar-refractivity contribution < 1.29 is 14.7 Å². The molecule has 1 amide bonds. The van der Waals surface area contributed by atoms with Gasteiger partial charge in [0.05, 0.1) is 5.25 Å². The number of aliphatic carboxylic acids is 1. The van der Waals surface area contributed by atoms with Crippen LogP contribution in [0.4, 0.5) is 0 Å². The van der Waals surface area contributed by atoms with E-state index in [2.05, 4.69) is 4.98 Å². The number of nitriles is 1. The molecule has 2 heterocycles. The van der Waals surface area contributed by atoms with Crippen molar-refractivity contribution in [2.45, 2.75) is 25.0 Å². The third-order valence-corrected chi connectivity index (χ3v) is 4.65. The van der Waals surface area contributed by atoms with E-state index in [0.717, 1.165) is 17.5 Å². The van der Waals surface area contributed by atoms with E-state index in [-0.39, 0.29) is 21.8 Å². The lowest BCUT2D eigenvalue weighted by Crippen LogP contribution is -2.29. The zero-order chi connectivity index (χ0) is 16.1. The zero-order valence-electron chi connectivity index (χ0n) is 12.0. The summed E-state index contributed by atoms with van der Waals surface area (Å²) in [6.45, 7) is 2.11. The molecule has 6 nitrogen and oxygen atoms in total. The first-order valence-corrected chi connectivity index (χ1v) is 7.72. The molecule has 1 aliphatic heterocycles. The normalized spacial score (nSPS) is 19.9. The lowest BCUT2D eigenvalue weighted by atomic mass is 10.1. The van der Waals surface area contributed by atoms with Gasteiger partial charge in [-0.2, -0.15) is 5.26 Å².